The zero-order valence-electron chi connectivity index (χ0n) is 4.76. The van der Waals surface area contributed by atoms with Crippen molar-refractivity contribution in [1.29, 1.82) is 0 Å². The lowest BCUT2D eigenvalue weighted by atomic mass is 10.5. The predicted octanol–water partition coefficient (Wildman–Crippen LogP) is 1.28. The van der Waals surface area contributed by atoms with Gasteiger partial charge in [0.15, 0.2) is 0 Å². The van der Waals surface area contributed by atoms with Crippen molar-refractivity contribution in [3.05, 3.63) is 13.2 Å². The molecule has 0 unspecified atom stereocenters. The van der Waals surface area contributed by atoms with Gasteiger partial charge in [0.05, 0.1) is 5.92 Å². The lowest BCUT2D eigenvalue weighted by Gasteiger charge is -1.75. The van der Waals surface area contributed by atoms with Gasteiger partial charge in [-0.05, 0) is 12.8 Å². The van der Waals surface area contributed by atoms with Gasteiger partial charge in [0, 0.05) is 0 Å². The Kier molecular flexibility index (Phi) is 2.92. The molecule has 2 heteroatoms. The van der Waals surface area contributed by atoms with Crippen LogP contribution in [0.5, 0.6) is 0 Å². The van der Waals surface area contributed by atoms with Crippen LogP contribution in [0.15, 0.2) is 13.2 Å². The Morgan fingerprint density at radius 3 is 1.88 bits per heavy atom. The summed E-state index contributed by atoms with van der Waals surface area (Å²) in [5, 5.41) is 8.05. The van der Waals surface area contributed by atoms with Crippen molar-refractivity contribution in [3.63, 3.8) is 0 Å². The molecule has 0 aromatic rings. The van der Waals surface area contributed by atoms with E-state index in [1.54, 1.807) is 0 Å². The Labute approximate surface area is 48.8 Å². The average molecular weight is 114 g/mol. The summed E-state index contributed by atoms with van der Waals surface area (Å²) < 4.78 is 0. The van der Waals surface area contributed by atoms with E-state index in [1.807, 2.05) is 0 Å². The molecule has 1 rings (SSSR count). The van der Waals surface area contributed by atoms with Crippen LogP contribution in [0.25, 0.3) is 0 Å². The SMILES string of the molecule is C=C.O=C(O)C1CC1. The van der Waals surface area contributed by atoms with Gasteiger partial charge < -0.3 is 5.11 Å². The number of hydrogen-bond acceptors (Lipinski definition) is 1. The van der Waals surface area contributed by atoms with Gasteiger partial charge in [0.2, 0.25) is 0 Å². The maximum Gasteiger partial charge on any atom is 0.306 e. The fourth-order valence-electron chi connectivity index (χ4n) is 0.330. The number of carbonyl (C=O) groups is 1. The molecule has 0 heterocycles. The Hall–Kier alpha value is -0.790. The summed E-state index contributed by atoms with van der Waals surface area (Å²) in [6.45, 7) is 6.00. The van der Waals surface area contributed by atoms with E-state index in [0.29, 0.717) is 0 Å². The largest absolute Gasteiger partial charge is 0.481 e. The van der Waals surface area contributed by atoms with E-state index in [-0.39, 0.29) is 5.92 Å². The molecule has 0 bridgehead atoms. The molecule has 8 heavy (non-hydrogen) atoms. The standard InChI is InChI=1S/C4H6O2.C2H4/c5-4(6)3-1-2-3;1-2/h3H,1-2H2,(H,5,6);1-2H2. The molecule has 0 aromatic carbocycles. The summed E-state index contributed by atoms with van der Waals surface area (Å²) >= 11 is 0. The van der Waals surface area contributed by atoms with E-state index < -0.39 is 5.97 Å². The lowest BCUT2D eigenvalue weighted by molar-refractivity contribution is -0.138. The first-order chi connectivity index (χ1) is 3.80. The second-order valence-corrected chi connectivity index (χ2v) is 1.61. The van der Waals surface area contributed by atoms with Crippen LogP contribution in [0.1, 0.15) is 12.8 Å². The summed E-state index contributed by atoms with van der Waals surface area (Å²) in [4.78, 5) is 9.76. The maximum atomic E-state index is 9.76. The first-order valence-corrected chi connectivity index (χ1v) is 2.53. The first kappa shape index (κ1) is 7.21. The van der Waals surface area contributed by atoms with Crippen LogP contribution >= 0.6 is 0 Å². The van der Waals surface area contributed by atoms with Gasteiger partial charge in [-0.2, -0.15) is 0 Å². The van der Waals surface area contributed by atoms with Crippen LogP contribution in [0.2, 0.25) is 0 Å². The minimum Gasteiger partial charge on any atom is -0.481 e. The second-order valence-electron chi connectivity index (χ2n) is 1.61. The molecule has 0 aromatic heterocycles. The number of rotatable bonds is 1. The van der Waals surface area contributed by atoms with Gasteiger partial charge in [0.1, 0.15) is 0 Å². The highest BCUT2D eigenvalue weighted by Gasteiger charge is 2.28. The Balaban J connectivity index is 0.000000222. The summed E-state index contributed by atoms with van der Waals surface area (Å²) in [6, 6.07) is 0. The van der Waals surface area contributed by atoms with E-state index >= 15 is 0 Å². The number of carboxylic acid groups (broad SMARTS) is 1. The quantitative estimate of drug-likeness (QED) is 0.521. The molecule has 2 nitrogen and oxygen atoms in total. The van der Waals surface area contributed by atoms with Crippen molar-refractivity contribution in [3.8, 4) is 0 Å². The highest BCUT2D eigenvalue weighted by Crippen LogP contribution is 2.28. The Morgan fingerprint density at radius 1 is 1.50 bits per heavy atom. The molecule has 1 N–H and O–H groups in total. The molecular weight excluding hydrogens is 104 g/mol. The Bertz CT molecular complexity index is 84.5. The maximum absolute atomic E-state index is 9.76. The highest BCUT2D eigenvalue weighted by atomic mass is 16.4. The smallest absolute Gasteiger partial charge is 0.306 e. The normalized spacial score (nSPS) is 16.0. The highest BCUT2D eigenvalue weighted by molar-refractivity contribution is 5.72. The summed E-state index contributed by atoms with van der Waals surface area (Å²) in [6.07, 6.45) is 1.80. The molecular formula is C6H10O2. The minimum absolute atomic E-state index is 0.0185. The van der Waals surface area contributed by atoms with Crippen molar-refractivity contribution in [2.24, 2.45) is 5.92 Å². The molecule has 1 aliphatic carbocycles. The second kappa shape index (κ2) is 3.24. The van der Waals surface area contributed by atoms with Crippen molar-refractivity contribution >= 4 is 5.97 Å². The van der Waals surface area contributed by atoms with Crippen molar-refractivity contribution < 1.29 is 9.90 Å². The van der Waals surface area contributed by atoms with E-state index in [4.69, 9.17) is 5.11 Å². The van der Waals surface area contributed by atoms with Crippen molar-refractivity contribution in [2.75, 3.05) is 0 Å². The third-order valence-electron chi connectivity index (χ3n) is 0.927. The van der Waals surface area contributed by atoms with Crippen LogP contribution < -0.4 is 0 Å². The number of aliphatic carboxylic acids is 1. The Morgan fingerprint density at radius 2 is 1.88 bits per heavy atom. The summed E-state index contributed by atoms with van der Waals surface area (Å²) in [5.74, 6) is -0.611. The minimum atomic E-state index is -0.630. The van der Waals surface area contributed by atoms with Crippen LogP contribution in [-0.4, -0.2) is 11.1 Å². The van der Waals surface area contributed by atoms with E-state index in [0.717, 1.165) is 12.8 Å². The topological polar surface area (TPSA) is 37.3 Å². The molecule has 1 saturated carbocycles. The van der Waals surface area contributed by atoms with Crippen molar-refractivity contribution in [2.45, 2.75) is 12.8 Å². The average Bonchev–Trinajstić information content (AvgIpc) is 2.50. The fraction of sp³-hybridized carbons (Fsp3) is 0.500. The van der Waals surface area contributed by atoms with Crippen LogP contribution in [0, 0.1) is 5.92 Å². The fourth-order valence-corrected chi connectivity index (χ4v) is 0.330. The number of hydrogen-bond donors (Lipinski definition) is 1. The van der Waals surface area contributed by atoms with Gasteiger partial charge in [0.25, 0.3) is 0 Å². The molecule has 1 aliphatic rings. The molecule has 0 saturated heterocycles. The van der Waals surface area contributed by atoms with Crippen molar-refractivity contribution in [1.82, 2.24) is 0 Å². The van der Waals surface area contributed by atoms with Gasteiger partial charge in [-0.15, -0.1) is 13.2 Å². The van der Waals surface area contributed by atoms with E-state index in [1.165, 1.54) is 0 Å². The molecule has 1 fully saturated rings. The summed E-state index contributed by atoms with van der Waals surface area (Å²) in [5.41, 5.74) is 0. The molecule has 0 atom stereocenters. The molecule has 0 radical (unpaired) electrons. The molecule has 0 aliphatic heterocycles. The summed E-state index contributed by atoms with van der Waals surface area (Å²) in [7, 11) is 0. The first-order valence-electron chi connectivity index (χ1n) is 2.53. The van der Waals surface area contributed by atoms with Crippen LogP contribution in [-0.2, 0) is 4.79 Å². The molecule has 0 amide bonds. The third-order valence-corrected chi connectivity index (χ3v) is 0.927. The van der Waals surface area contributed by atoms with Gasteiger partial charge in [-0.25, -0.2) is 0 Å². The third kappa shape index (κ3) is 2.39. The predicted molar refractivity (Wildman–Crippen MR) is 31.6 cm³/mol. The van der Waals surface area contributed by atoms with Gasteiger partial charge in [-0.1, -0.05) is 0 Å². The zero-order chi connectivity index (χ0) is 6.57. The van der Waals surface area contributed by atoms with Crippen LogP contribution in [0.3, 0.4) is 0 Å². The number of carboxylic acids is 1. The van der Waals surface area contributed by atoms with E-state index in [9.17, 15) is 4.79 Å². The monoisotopic (exact) mass is 114 g/mol. The van der Waals surface area contributed by atoms with E-state index in [2.05, 4.69) is 13.2 Å². The van der Waals surface area contributed by atoms with Gasteiger partial charge >= 0.3 is 5.97 Å². The lowest BCUT2D eigenvalue weighted by Crippen LogP contribution is -1.94. The zero-order valence-corrected chi connectivity index (χ0v) is 4.76. The molecule has 46 valence electrons. The van der Waals surface area contributed by atoms with Crippen LogP contribution in [0.4, 0.5) is 0 Å². The molecule has 0 spiro atoms. The van der Waals surface area contributed by atoms with Gasteiger partial charge in [-0.3, -0.25) is 4.79 Å².